The van der Waals surface area contributed by atoms with Crippen molar-refractivity contribution in [3.8, 4) is 0 Å². The average molecular weight is 284 g/mol. The van der Waals surface area contributed by atoms with Crippen molar-refractivity contribution in [2.24, 2.45) is 0 Å². The molecule has 0 aliphatic carbocycles. The van der Waals surface area contributed by atoms with Crippen molar-refractivity contribution in [3.05, 3.63) is 34.4 Å². The van der Waals surface area contributed by atoms with Gasteiger partial charge >= 0.3 is 0 Å². The molecule has 2 aromatic rings. The first-order valence-electron chi connectivity index (χ1n) is 4.73. The standard InChI is InChI=1S/C11H10BrNO3/c12-6-1-2-9-7(3-6)8(4-13-9)11(16)10(15)5-14/h1-4,10,13-15H,5H2. The van der Waals surface area contributed by atoms with Gasteiger partial charge < -0.3 is 15.2 Å². The van der Waals surface area contributed by atoms with E-state index in [1.165, 1.54) is 0 Å². The monoisotopic (exact) mass is 283 g/mol. The van der Waals surface area contributed by atoms with Crippen LogP contribution in [0.5, 0.6) is 0 Å². The number of nitrogens with one attached hydrogen (secondary N) is 1. The number of aliphatic hydroxyl groups is 2. The van der Waals surface area contributed by atoms with Crippen LogP contribution in [0.3, 0.4) is 0 Å². The predicted octanol–water partition coefficient (Wildman–Crippen LogP) is 1.47. The molecule has 1 aromatic carbocycles. The summed E-state index contributed by atoms with van der Waals surface area (Å²) in [4.78, 5) is 14.7. The highest BCUT2D eigenvalue weighted by molar-refractivity contribution is 9.10. The molecule has 1 atom stereocenters. The number of aromatic amines is 1. The van der Waals surface area contributed by atoms with Gasteiger partial charge in [0, 0.05) is 27.1 Å². The fourth-order valence-electron chi connectivity index (χ4n) is 1.56. The van der Waals surface area contributed by atoms with Crippen LogP contribution in [0.1, 0.15) is 10.4 Å². The first-order chi connectivity index (χ1) is 7.63. The lowest BCUT2D eigenvalue weighted by Gasteiger charge is -2.04. The molecule has 0 amide bonds. The van der Waals surface area contributed by atoms with Gasteiger partial charge in [0.25, 0.3) is 0 Å². The van der Waals surface area contributed by atoms with Crippen LogP contribution in [0.4, 0.5) is 0 Å². The number of hydrogen-bond acceptors (Lipinski definition) is 3. The SMILES string of the molecule is O=C(c1c[nH]c2ccc(Br)cc12)C(O)CO. The Morgan fingerprint density at radius 2 is 2.25 bits per heavy atom. The number of carbonyl (C=O) groups excluding carboxylic acids is 1. The van der Waals surface area contributed by atoms with E-state index in [-0.39, 0.29) is 0 Å². The third kappa shape index (κ3) is 1.89. The average Bonchev–Trinajstić information content (AvgIpc) is 2.69. The second-order valence-corrected chi connectivity index (χ2v) is 4.37. The summed E-state index contributed by atoms with van der Waals surface area (Å²) in [6.07, 6.45) is 0.177. The zero-order chi connectivity index (χ0) is 11.7. The smallest absolute Gasteiger partial charge is 0.195 e. The summed E-state index contributed by atoms with van der Waals surface area (Å²) in [5.74, 6) is -0.480. The van der Waals surface area contributed by atoms with Crippen LogP contribution in [0, 0.1) is 0 Å². The molecule has 0 aliphatic heterocycles. The number of halogens is 1. The second-order valence-electron chi connectivity index (χ2n) is 3.45. The molecule has 0 saturated heterocycles. The zero-order valence-electron chi connectivity index (χ0n) is 8.27. The highest BCUT2D eigenvalue weighted by atomic mass is 79.9. The summed E-state index contributed by atoms with van der Waals surface area (Å²) in [6.45, 7) is -0.570. The van der Waals surface area contributed by atoms with Gasteiger partial charge in [0.1, 0.15) is 6.10 Å². The fraction of sp³-hybridized carbons (Fsp3) is 0.182. The molecular weight excluding hydrogens is 274 g/mol. The molecule has 0 radical (unpaired) electrons. The van der Waals surface area contributed by atoms with Gasteiger partial charge in [-0.05, 0) is 18.2 Å². The summed E-state index contributed by atoms with van der Waals surface area (Å²) < 4.78 is 0.854. The lowest BCUT2D eigenvalue weighted by molar-refractivity contribution is 0.0589. The Bertz CT molecular complexity index is 535. The Morgan fingerprint density at radius 3 is 2.94 bits per heavy atom. The minimum absolute atomic E-state index is 0.387. The third-order valence-electron chi connectivity index (χ3n) is 2.38. The molecule has 1 unspecified atom stereocenters. The number of hydrogen-bond donors (Lipinski definition) is 3. The van der Waals surface area contributed by atoms with E-state index in [9.17, 15) is 9.90 Å². The predicted molar refractivity (Wildman–Crippen MR) is 63.4 cm³/mol. The van der Waals surface area contributed by atoms with Crippen molar-refractivity contribution in [3.63, 3.8) is 0 Å². The summed E-state index contributed by atoms with van der Waals surface area (Å²) in [7, 11) is 0. The first-order valence-corrected chi connectivity index (χ1v) is 5.52. The topological polar surface area (TPSA) is 73.3 Å². The molecular formula is C11H10BrNO3. The number of fused-ring (bicyclic) bond motifs is 1. The van der Waals surface area contributed by atoms with Gasteiger partial charge in [0.2, 0.25) is 0 Å². The van der Waals surface area contributed by atoms with Gasteiger partial charge in [-0.25, -0.2) is 0 Å². The van der Waals surface area contributed by atoms with Gasteiger partial charge in [-0.15, -0.1) is 0 Å². The van der Waals surface area contributed by atoms with Crippen LogP contribution < -0.4 is 0 Å². The number of Topliss-reactive ketones (excluding diaryl/α,β-unsaturated/α-hetero) is 1. The number of carbonyl (C=O) groups is 1. The molecule has 1 heterocycles. The van der Waals surface area contributed by atoms with Crippen molar-refractivity contribution in [1.82, 2.24) is 4.98 Å². The summed E-state index contributed by atoms with van der Waals surface area (Å²) >= 11 is 3.32. The molecule has 16 heavy (non-hydrogen) atoms. The highest BCUT2D eigenvalue weighted by Gasteiger charge is 2.19. The Labute approximate surface area is 100 Å². The van der Waals surface area contributed by atoms with E-state index in [1.807, 2.05) is 12.1 Å². The molecule has 1 aromatic heterocycles. The molecule has 0 fully saturated rings. The second kappa shape index (κ2) is 4.37. The number of H-pyrrole nitrogens is 1. The van der Waals surface area contributed by atoms with Gasteiger partial charge in [-0.2, -0.15) is 0 Å². The molecule has 4 nitrogen and oxygen atoms in total. The first kappa shape index (κ1) is 11.3. The Morgan fingerprint density at radius 1 is 1.50 bits per heavy atom. The Balaban J connectivity index is 2.53. The van der Waals surface area contributed by atoms with E-state index in [2.05, 4.69) is 20.9 Å². The Hall–Kier alpha value is -1.17. The Kier molecular flexibility index (Phi) is 3.09. The van der Waals surface area contributed by atoms with E-state index >= 15 is 0 Å². The van der Waals surface area contributed by atoms with E-state index in [4.69, 9.17) is 5.11 Å². The van der Waals surface area contributed by atoms with Crippen molar-refractivity contribution >= 4 is 32.6 Å². The maximum Gasteiger partial charge on any atom is 0.195 e. The molecule has 5 heteroatoms. The van der Waals surface area contributed by atoms with E-state index in [1.54, 1.807) is 12.3 Å². The minimum atomic E-state index is -1.36. The van der Waals surface area contributed by atoms with E-state index in [0.29, 0.717) is 5.56 Å². The van der Waals surface area contributed by atoms with Crippen molar-refractivity contribution in [1.29, 1.82) is 0 Å². The maximum atomic E-state index is 11.7. The molecule has 0 spiro atoms. The van der Waals surface area contributed by atoms with Crippen LogP contribution >= 0.6 is 15.9 Å². The lowest BCUT2D eigenvalue weighted by Crippen LogP contribution is -2.23. The summed E-state index contributed by atoms with van der Waals surface area (Å²) in [5.41, 5.74) is 1.20. The molecule has 3 N–H and O–H groups in total. The molecule has 84 valence electrons. The molecule has 0 bridgehead atoms. The van der Waals surface area contributed by atoms with Crippen molar-refractivity contribution < 1.29 is 15.0 Å². The molecule has 0 saturated carbocycles. The van der Waals surface area contributed by atoms with Crippen LogP contribution in [0.15, 0.2) is 28.9 Å². The minimum Gasteiger partial charge on any atom is -0.393 e. The third-order valence-corrected chi connectivity index (χ3v) is 2.88. The highest BCUT2D eigenvalue weighted by Crippen LogP contribution is 2.23. The van der Waals surface area contributed by atoms with Crippen LogP contribution in [0.25, 0.3) is 10.9 Å². The van der Waals surface area contributed by atoms with E-state index < -0.39 is 18.5 Å². The lowest BCUT2D eigenvalue weighted by atomic mass is 10.1. The summed E-state index contributed by atoms with van der Waals surface area (Å²) in [5, 5.41) is 18.8. The van der Waals surface area contributed by atoms with Gasteiger partial charge in [-0.3, -0.25) is 4.79 Å². The van der Waals surface area contributed by atoms with Gasteiger partial charge in [0.05, 0.1) is 6.61 Å². The number of ketones is 1. The zero-order valence-corrected chi connectivity index (χ0v) is 9.86. The van der Waals surface area contributed by atoms with Crippen molar-refractivity contribution in [2.45, 2.75) is 6.10 Å². The molecule has 2 rings (SSSR count). The van der Waals surface area contributed by atoms with Gasteiger partial charge in [0.15, 0.2) is 5.78 Å². The normalized spacial score (nSPS) is 12.9. The number of benzene rings is 1. The number of aromatic nitrogens is 1. The van der Waals surface area contributed by atoms with Crippen LogP contribution in [0.2, 0.25) is 0 Å². The number of rotatable bonds is 3. The maximum absolute atomic E-state index is 11.7. The number of aliphatic hydroxyl groups excluding tert-OH is 2. The molecule has 0 aliphatic rings. The fourth-order valence-corrected chi connectivity index (χ4v) is 1.92. The quantitative estimate of drug-likeness (QED) is 0.747. The summed E-state index contributed by atoms with van der Waals surface area (Å²) in [6, 6.07) is 5.49. The van der Waals surface area contributed by atoms with Gasteiger partial charge in [-0.1, -0.05) is 15.9 Å². The largest absolute Gasteiger partial charge is 0.393 e. The van der Waals surface area contributed by atoms with E-state index in [0.717, 1.165) is 15.4 Å². The van der Waals surface area contributed by atoms with Crippen LogP contribution in [-0.2, 0) is 0 Å². The van der Waals surface area contributed by atoms with Crippen LogP contribution in [-0.4, -0.2) is 33.7 Å². The van der Waals surface area contributed by atoms with Crippen molar-refractivity contribution in [2.75, 3.05) is 6.61 Å².